The molecule has 0 aliphatic carbocycles. The number of benzene rings is 1. The highest BCUT2D eigenvalue weighted by Crippen LogP contribution is 2.16. The van der Waals surface area contributed by atoms with Crippen molar-refractivity contribution in [2.24, 2.45) is 0 Å². The summed E-state index contributed by atoms with van der Waals surface area (Å²) in [5.41, 5.74) is 0. The molecule has 0 amide bonds. The topological polar surface area (TPSA) is 63.7 Å². The predicted molar refractivity (Wildman–Crippen MR) is 52.2 cm³/mol. The molecule has 0 bridgehead atoms. The lowest BCUT2D eigenvalue weighted by molar-refractivity contribution is -0.131. The largest absolute Gasteiger partial charge is 0.520 e. The van der Waals surface area contributed by atoms with Gasteiger partial charge in [0.2, 0.25) is 10.0 Å². The molecule has 1 radical (unpaired) electrons. The highest BCUT2D eigenvalue weighted by Gasteiger charge is 2.34. The predicted octanol–water partition coefficient (Wildman–Crippen LogP) is -0.232. The summed E-state index contributed by atoms with van der Waals surface area (Å²) in [7, 11) is -2.72. The first-order valence-corrected chi connectivity index (χ1v) is 5.64. The van der Waals surface area contributed by atoms with Gasteiger partial charge >= 0.3 is 13.6 Å². The van der Waals surface area contributed by atoms with Gasteiger partial charge < -0.3 is 4.65 Å². The number of carbonyl (C=O) groups is 1. The highest BCUT2D eigenvalue weighted by atomic mass is 32.2. The van der Waals surface area contributed by atoms with E-state index in [1.807, 2.05) is 0 Å². The molecule has 7 heteroatoms. The minimum absolute atomic E-state index is 0.138. The lowest BCUT2D eigenvalue weighted by Crippen LogP contribution is -2.30. The average Bonchev–Trinajstić information content (AvgIpc) is 2.67. The minimum atomic E-state index is -3.64. The molecule has 1 heterocycles. The van der Waals surface area contributed by atoms with Gasteiger partial charge in [0.1, 0.15) is 6.54 Å². The zero-order valence-corrected chi connectivity index (χ0v) is 8.48. The molecule has 0 atom stereocenters. The molecular formula is C8H7BNO4S. The van der Waals surface area contributed by atoms with Crippen LogP contribution in [0.1, 0.15) is 0 Å². The number of hydrogen-bond acceptors (Lipinski definition) is 4. The van der Waals surface area contributed by atoms with Crippen molar-refractivity contribution in [2.75, 3.05) is 6.54 Å². The maximum absolute atomic E-state index is 11.8. The maximum Gasteiger partial charge on any atom is 0.498 e. The van der Waals surface area contributed by atoms with Gasteiger partial charge in [-0.2, -0.15) is 4.22 Å². The van der Waals surface area contributed by atoms with E-state index in [1.165, 1.54) is 12.1 Å². The Morgan fingerprint density at radius 1 is 1.27 bits per heavy atom. The van der Waals surface area contributed by atoms with Crippen LogP contribution in [-0.2, 0) is 19.5 Å². The summed E-state index contributed by atoms with van der Waals surface area (Å²) >= 11 is 0. The van der Waals surface area contributed by atoms with E-state index in [1.54, 1.807) is 18.2 Å². The quantitative estimate of drug-likeness (QED) is 0.651. The Hall–Kier alpha value is -1.34. The van der Waals surface area contributed by atoms with Crippen LogP contribution >= 0.6 is 0 Å². The number of hydrogen-bond donors (Lipinski definition) is 0. The molecule has 0 N–H and O–H groups in total. The molecule has 1 fully saturated rings. The van der Waals surface area contributed by atoms with Gasteiger partial charge in [-0.25, -0.2) is 8.42 Å². The van der Waals surface area contributed by atoms with E-state index in [0.29, 0.717) is 0 Å². The van der Waals surface area contributed by atoms with Crippen LogP contribution in [0.4, 0.5) is 0 Å². The van der Waals surface area contributed by atoms with Crippen LogP contribution in [-0.4, -0.2) is 32.8 Å². The van der Waals surface area contributed by atoms with Crippen LogP contribution in [0.5, 0.6) is 0 Å². The third-order valence-electron chi connectivity index (χ3n) is 1.94. The van der Waals surface area contributed by atoms with E-state index >= 15 is 0 Å². The Bertz CT molecular complexity index is 473. The second-order valence-electron chi connectivity index (χ2n) is 2.96. The fourth-order valence-electron chi connectivity index (χ4n) is 1.19. The number of carbonyl (C=O) groups excluding carboxylic acids is 1. The summed E-state index contributed by atoms with van der Waals surface area (Å²) in [5.74, 6) is -0.575. The van der Waals surface area contributed by atoms with E-state index in [0.717, 1.165) is 11.8 Å². The van der Waals surface area contributed by atoms with Crippen LogP contribution < -0.4 is 0 Å². The second-order valence-corrected chi connectivity index (χ2v) is 4.85. The summed E-state index contributed by atoms with van der Waals surface area (Å²) in [6.07, 6.45) is 0. The first-order valence-electron chi connectivity index (χ1n) is 4.20. The molecule has 0 spiro atoms. The minimum Gasteiger partial charge on any atom is -0.520 e. The fraction of sp³-hybridized carbons (Fsp3) is 0.125. The fourth-order valence-corrected chi connectivity index (χ4v) is 2.39. The molecule has 1 aliphatic heterocycles. The molecule has 0 unspecified atom stereocenters. The molecule has 1 aromatic carbocycles. The Morgan fingerprint density at radius 2 is 1.93 bits per heavy atom. The number of rotatable bonds is 2. The highest BCUT2D eigenvalue weighted by molar-refractivity contribution is 7.90. The van der Waals surface area contributed by atoms with Crippen LogP contribution in [0.3, 0.4) is 0 Å². The van der Waals surface area contributed by atoms with Crippen LogP contribution in [0.2, 0.25) is 0 Å². The van der Waals surface area contributed by atoms with E-state index in [-0.39, 0.29) is 11.4 Å². The Kier molecular flexibility index (Phi) is 2.49. The Morgan fingerprint density at radius 3 is 2.47 bits per heavy atom. The standard InChI is InChI=1S/C8H7BNO4S/c11-8-6-10(9-14-8)15(12,13)7-4-2-1-3-5-7/h1-5H,6H2. The van der Waals surface area contributed by atoms with Crippen LogP contribution in [0.25, 0.3) is 0 Å². The lowest BCUT2D eigenvalue weighted by Gasteiger charge is -2.10. The van der Waals surface area contributed by atoms with Crippen molar-refractivity contribution in [2.45, 2.75) is 4.90 Å². The van der Waals surface area contributed by atoms with Gasteiger partial charge in [0.25, 0.3) is 0 Å². The van der Waals surface area contributed by atoms with Gasteiger partial charge in [-0.05, 0) is 12.1 Å². The van der Waals surface area contributed by atoms with E-state index in [9.17, 15) is 13.2 Å². The second kappa shape index (κ2) is 3.67. The van der Waals surface area contributed by atoms with Gasteiger partial charge in [0.05, 0.1) is 4.90 Å². The molecule has 0 saturated carbocycles. The zero-order chi connectivity index (χ0) is 10.9. The molecule has 2 rings (SSSR count). The normalized spacial score (nSPS) is 17.2. The van der Waals surface area contributed by atoms with Gasteiger partial charge in [-0.1, -0.05) is 18.2 Å². The van der Waals surface area contributed by atoms with Crippen molar-refractivity contribution in [3.05, 3.63) is 30.3 Å². The van der Waals surface area contributed by atoms with Crippen LogP contribution in [0, 0.1) is 0 Å². The van der Waals surface area contributed by atoms with Crippen LogP contribution in [0.15, 0.2) is 35.2 Å². The summed E-state index contributed by atoms with van der Waals surface area (Å²) in [6.45, 7) is -0.267. The third kappa shape index (κ3) is 1.88. The van der Waals surface area contributed by atoms with Crippen molar-refractivity contribution in [3.8, 4) is 0 Å². The van der Waals surface area contributed by atoms with Crippen molar-refractivity contribution >= 4 is 23.6 Å². The van der Waals surface area contributed by atoms with Gasteiger partial charge in [-0.3, -0.25) is 4.79 Å². The molecule has 1 aromatic rings. The van der Waals surface area contributed by atoms with Crippen molar-refractivity contribution in [3.63, 3.8) is 0 Å². The van der Waals surface area contributed by atoms with Gasteiger partial charge in [-0.15, -0.1) is 0 Å². The number of nitrogens with zero attached hydrogens (tertiary/aromatic N) is 1. The van der Waals surface area contributed by atoms with Crippen molar-refractivity contribution in [1.29, 1.82) is 0 Å². The molecule has 1 saturated heterocycles. The smallest absolute Gasteiger partial charge is 0.498 e. The molecular weight excluding hydrogens is 217 g/mol. The van der Waals surface area contributed by atoms with E-state index < -0.39 is 16.0 Å². The summed E-state index contributed by atoms with van der Waals surface area (Å²) < 4.78 is 29.0. The van der Waals surface area contributed by atoms with Crippen molar-refractivity contribution in [1.82, 2.24) is 4.22 Å². The third-order valence-corrected chi connectivity index (χ3v) is 3.64. The van der Waals surface area contributed by atoms with Gasteiger partial charge in [0, 0.05) is 0 Å². The zero-order valence-electron chi connectivity index (χ0n) is 7.66. The number of sulfonamides is 1. The lowest BCUT2D eigenvalue weighted by atomic mass is 10.3. The Labute approximate surface area is 88.0 Å². The van der Waals surface area contributed by atoms with E-state index in [4.69, 9.17) is 0 Å². The monoisotopic (exact) mass is 224 g/mol. The summed E-state index contributed by atoms with van der Waals surface area (Å²) in [6, 6.07) is 7.88. The first-order chi connectivity index (χ1) is 7.10. The molecule has 5 nitrogen and oxygen atoms in total. The summed E-state index contributed by atoms with van der Waals surface area (Å²) in [4.78, 5) is 10.9. The molecule has 15 heavy (non-hydrogen) atoms. The molecule has 77 valence electrons. The van der Waals surface area contributed by atoms with Crippen molar-refractivity contribution < 1.29 is 17.9 Å². The van der Waals surface area contributed by atoms with E-state index in [2.05, 4.69) is 4.65 Å². The molecule has 0 aromatic heterocycles. The Balaban J connectivity index is 2.32. The average molecular weight is 224 g/mol. The summed E-state index contributed by atoms with van der Waals surface area (Å²) in [5, 5.41) is 0. The SMILES string of the molecule is O=C1CN(S(=O)(=O)c2ccccc2)[B]O1. The first kappa shape index (κ1) is 10.2. The molecule has 1 aliphatic rings. The van der Waals surface area contributed by atoms with Gasteiger partial charge in [0.15, 0.2) is 0 Å². The maximum atomic E-state index is 11.8.